The number of rotatable bonds is 24. The van der Waals surface area contributed by atoms with Gasteiger partial charge < -0.3 is 18.9 Å². The van der Waals surface area contributed by atoms with E-state index in [0.717, 1.165) is 0 Å². The van der Waals surface area contributed by atoms with E-state index in [9.17, 15) is 68.0 Å². The Balaban J connectivity index is 3.80. The number of ether oxygens (including phenoxy) is 4. The molecule has 1 saturated heterocycles. The van der Waals surface area contributed by atoms with E-state index in [1.807, 2.05) is 0 Å². The number of thiol groups is 2. The highest BCUT2D eigenvalue weighted by molar-refractivity contribution is 7.81. The lowest BCUT2D eigenvalue weighted by atomic mass is 9.99. The second-order valence-electron chi connectivity index (χ2n) is 8.90. The summed E-state index contributed by atoms with van der Waals surface area (Å²) in [6, 6.07) is 0. The zero-order valence-electron chi connectivity index (χ0n) is 24.7. The molecule has 51 heavy (non-hydrogen) atoms. The molecule has 0 unspecified atom stereocenters. The largest absolute Gasteiger partial charge is 0.397 e. The molecule has 5 N–H and O–H groups in total. The zero-order valence-corrected chi connectivity index (χ0v) is 30.6. The molecule has 0 spiro atoms. The lowest BCUT2D eigenvalue weighted by molar-refractivity contribution is -0.291. The smallest absolute Gasteiger partial charge is 0.376 e. The fourth-order valence-electron chi connectivity index (χ4n) is 3.99. The van der Waals surface area contributed by atoms with Crippen LogP contribution in [0.15, 0.2) is 0 Å². The Morgan fingerprint density at radius 2 is 1.02 bits per heavy atom. The first-order valence-electron chi connectivity index (χ1n) is 12.1. The van der Waals surface area contributed by atoms with Crippen molar-refractivity contribution >= 4 is 74.0 Å². The van der Waals surface area contributed by atoms with Gasteiger partial charge in [0.1, 0.15) is 42.7 Å². The lowest BCUT2D eigenvalue weighted by Gasteiger charge is -2.43. The lowest BCUT2D eigenvalue weighted by Crippen LogP contribution is -2.62. The van der Waals surface area contributed by atoms with Crippen LogP contribution in [0.1, 0.15) is 0 Å². The highest BCUT2D eigenvalue weighted by atomic mass is 32.3. The van der Waals surface area contributed by atoms with Gasteiger partial charge in [-0.1, -0.05) is 0 Å². The third kappa shape index (κ3) is 19.2. The van der Waals surface area contributed by atoms with Crippen molar-refractivity contribution in [2.75, 3.05) is 34.0 Å². The molecule has 0 aromatic carbocycles. The van der Waals surface area contributed by atoms with E-state index in [2.05, 4.69) is 29.3 Å². The minimum Gasteiger partial charge on any atom is -0.376 e. The molecule has 0 aromatic rings. The molecule has 0 amide bonds. The number of methoxy groups -OCH3 is 2. The van der Waals surface area contributed by atoms with Crippen molar-refractivity contribution < 1.29 is 130 Å². The highest BCUT2D eigenvalue weighted by Crippen LogP contribution is 2.31. The molecule has 0 bridgehead atoms. The number of hydrogen-bond donors (Lipinski definition) is 7. The van der Waals surface area contributed by atoms with Crippen LogP contribution in [0.2, 0.25) is 0 Å². The summed E-state index contributed by atoms with van der Waals surface area (Å²) in [7, 11) is -34.8. The number of hydrogen-bond acceptors (Lipinski definition) is 25. The molecule has 1 fully saturated rings. The summed E-state index contributed by atoms with van der Waals surface area (Å²) < 4.78 is 256. The fourth-order valence-corrected chi connectivity index (χ4v) is 6.94. The highest BCUT2D eigenvalue weighted by Gasteiger charge is 2.53. The van der Waals surface area contributed by atoms with Crippen molar-refractivity contribution in [1.82, 2.24) is 0 Å². The summed E-state index contributed by atoms with van der Waals surface area (Å²) in [5.41, 5.74) is 0. The molecule has 0 aromatic heterocycles. The molecule has 37 heteroatoms. The van der Waals surface area contributed by atoms with Gasteiger partial charge in [0.15, 0.2) is 12.4 Å². The average molecular weight is 901 g/mol. The van der Waals surface area contributed by atoms with E-state index in [-0.39, 0.29) is 0 Å². The van der Waals surface area contributed by atoms with Gasteiger partial charge in [-0.15, -0.1) is 0 Å². The minimum absolute atomic E-state index is 0.677. The van der Waals surface area contributed by atoms with Crippen LogP contribution in [0, 0.1) is 0 Å². The van der Waals surface area contributed by atoms with Gasteiger partial charge >= 0.3 is 52.0 Å². The maximum atomic E-state index is 11.7. The van der Waals surface area contributed by atoms with Gasteiger partial charge in [0.2, 0.25) is 0 Å². The minimum atomic E-state index is -5.79. The summed E-state index contributed by atoms with van der Waals surface area (Å²) >= 11 is 0. The Hall–Kier alpha value is -0.990. The third-order valence-corrected chi connectivity index (χ3v) is 8.66. The average Bonchev–Trinajstić information content (AvgIpc) is 2.90. The zero-order chi connectivity index (χ0) is 39.8. The first-order valence-corrected chi connectivity index (χ1v) is 21.1. The first-order chi connectivity index (χ1) is 22.9. The van der Waals surface area contributed by atoms with Crippen molar-refractivity contribution in [3.05, 3.63) is 0 Å². The molecule has 0 radical (unpaired) electrons. The van der Waals surface area contributed by atoms with Gasteiger partial charge in [-0.25, -0.2) is 37.8 Å². The van der Waals surface area contributed by atoms with Crippen molar-refractivity contribution in [1.29, 1.82) is 0 Å². The quantitative estimate of drug-likeness (QED) is 0.0350. The fraction of sp³-hybridized carbons (Fsp3) is 1.00. The summed E-state index contributed by atoms with van der Waals surface area (Å²) in [4.78, 5) is 0. The van der Waals surface area contributed by atoms with Crippen LogP contribution in [0.5, 0.6) is 0 Å². The van der Waals surface area contributed by atoms with Crippen LogP contribution in [0.25, 0.3) is 0 Å². The predicted molar refractivity (Wildman–Crippen MR) is 151 cm³/mol. The van der Waals surface area contributed by atoms with Gasteiger partial charge in [0.05, 0.1) is 19.8 Å². The molecule has 1 heterocycles. The van der Waals surface area contributed by atoms with Crippen LogP contribution in [0.4, 0.5) is 0 Å². The SMILES string of the molecule is CO[C@@H]([C@H](OC)[C@@H](COS(=O)(=O)O)OS(=O)(=O)O)[C@@H](CO[C@@H]1O[C@H](COS(=O)(=O)O)[C@@H](O[SH](=O)=O)[C@H](O[SH](=O)=O)[C@H]1OS(=O)(=O)O)OS(=O)(=O)O. The maximum Gasteiger partial charge on any atom is 0.397 e. The van der Waals surface area contributed by atoms with Crippen LogP contribution in [-0.4, -0.2) is 171 Å². The Kier molecular flexibility index (Phi) is 18.4. The Bertz CT molecular complexity index is 1830. The van der Waals surface area contributed by atoms with E-state index in [0.29, 0.717) is 14.2 Å². The molecule has 30 nitrogen and oxygen atoms in total. The van der Waals surface area contributed by atoms with E-state index < -0.39 is 149 Å². The van der Waals surface area contributed by atoms with Gasteiger partial charge in [-0.3, -0.25) is 31.1 Å². The van der Waals surface area contributed by atoms with Crippen LogP contribution in [0.3, 0.4) is 0 Å². The van der Waals surface area contributed by atoms with Crippen LogP contribution >= 0.6 is 0 Å². The normalized spacial score (nSPS) is 25.1. The maximum absolute atomic E-state index is 11.7. The Labute approximate surface area is 292 Å². The second-order valence-corrected chi connectivity index (χ2v) is 15.5. The third-order valence-electron chi connectivity index (χ3n) is 5.52. The summed E-state index contributed by atoms with van der Waals surface area (Å²) in [6.07, 6.45) is -22.4. The van der Waals surface area contributed by atoms with Crippen molar-refractivity contribution in [3.63, 3.8) is 0 Å². The molecule has 1 rings (SSSR count). The van der Waals surface area contributed by atoms with Crippen molar-refractivity contribution in [2.24, 2.45) is 0 Å². The van der Waals surface area contributed by atoms with Gasteiger partial charge in [0.25, 0.3) is 22.0 Å². The van der Waals surface area contributed by atoms with Gasteiger partial charge in [-0.05, 0) is 0 Å². The van der Waals surface area contributed by atoms with Gasteiger partial charge in [0, 0.05) is 14.2 Å². The topological polar surface area (TPSA) is 442 Å². The van der Waals surface area contributed by atoms with E-state index in [4.69, 9.17) is 32.6 Å². The van der Waals surface area contributed by atoms with Crippen molar-refractivity contribution in [3.8, 4) is 0 Å². The molecule has 9 atom stereocenters. The predicted octanol–water partition coefficient (Wildman–Crippen LogP) is -6.22. The van der Waals surface area contributed by atoms with E-state index in [1.165, 1.54) is 0 Å². The molecule has 0 saturated carbocycles. The van der Waals surface area contributed by atoms with Crippen LogP contribution < -0.4 is 0 Å². The summed E-state index contributed by atoms with van der Waals surface area (Å²) in [5.74, 6) is 0. The molecule has 1 aliphatic heterocycles. The van der Waals surface area contributed by atoms with Gasteiger partial charge in [-0.2, -0.15) is 42.1 Å². The first kappa shape index (κ1) is 48.0. The molecule has 306 valence electrons. The second kappa shape index (κ2) is 19.6. The Morgan fingerprint density at radius 3 is 1.39 bits per heavy atom. The Morgan fingerprint density at radius 1 is 0.588 bits per heavy atom. The van der Waals surface area contributed by atoms with Crippen molar-refractivity contribution in [2.45, 2.75) is 55.1 Å². The standard InChI is InChI=1S/C14H28O30S7/c1-34-9(10(35-2)8(43-50(28,29)30)5-38-48(22,23)24)7(42-49(25,26)27)3-36-14-13(44-51(31,32)33)12(41-46(17)18)11(40-45(15)16)6(39-14)4-37-47(19,20)21/h6-14,45-46H,3-5H2,1-2H3,(H,19,20,21)(H,22,23,24)(H,25,26,27)(H,28,29,30)(H,31,32,33)/t6-,7-,8-,9-,10-,11-,12+,13-,14-/m1/s1. The summed E-state index contributed by atoms with van der Waals surface area (Å²) in [6.45, 7) is -4.65. The molecular formula is C14H28O30S7. The summed E-state index contributed by atoms with van der Waals surface area (Å²) in [5, 5.41) is 0. The van der Waals surface area contributed by atoms with E-state index >= 15 is 0 Å². The monoisotopic (exact) mass is 900 g/mol. The van der Waals surface area contributed by atoms with Crippen LogP contribution in [-0.2, 0) is 122 Å². The molecular weight excluding hydrogens is 873 g/mol. The molecule has 0 aliphatic carbocycles. The van der Waals surface area contributed by atoms with E-state index in [1.54, 1.807) is 0 Å². The molecule has 1 aliphatic rings.